The van der Waals surface area contributed by atoms with E-state index in [9.17, 15) is 29.1 Å². The number of hydrogen-bond donors (Lipinski definition) is 2. The normalized spacial score (nSPS) is 31.6. The molecular weight excluding hydrogens is 771 g/mol. The molecule has 0 saturated carbocycles. The average Bonchev–Trinajstić information content (AvgIpc) is 3.89. The molecule has 0 aromatic heterocycles. The van der Waals surface area contributed by atoms with Crippen LogP contribution in [0.2, 0.25) is 0 Å². The van der Waals surface area contributed by atoms with Gasteiger partial charge in [-0.05, 0) is 74.5 Å². The van der Waals surface area contributed by atoms with Crippen LogP contribution in [0.4, 0.5) is 0 Å². The summed E-state index contributed by atoms with van der Waals surface area (Å²) in [4.78, 5) is 80.4. The number of cyclic esters (lactones) is 1. The number of methoxy groups -OCH3 is 1. The molecule has 1 aromatic carbocycles. The standard InChI is InChI=1S/C45H69N5O8S/c1-13-27(3)38-43(55)50-20-14-15-35(50)44(56)58-37(45(7,8)9)22-26(2)21-36(51)29(5)40-46-32(25-59-40)23-28(4)39(52)47-34(24-31-16-18-33(57-12)19-17-31)42(54)48(10)30(6)41(53)49(38)11/h16-19,23,26-27,29-30,32,34-38,51H,13-15,20-22,24-25H2,1-12H3,(H,47,52)/b28-23+/t26-,27-,29-,30-,32-,34-,35-,36-,37-,38-/m0/s1. The lowest BCUT2D eigenvalue weighted by Gasteiger charge is -2.39. The summed E-state index contributed by atoms with van der Waals surface area (Å²) in [6.07, 6.45) is 3.41. The number of benzene rings is 1. The molecule has 1 aromatic rings. The molecule has 3 aliphatic heterocycles. The van der Waals surface area contributed by atoms with Crippen molar-refractivity contribution in [2.75, 3.05) is 33.5 Å². The molecule has 1 fully saturated rings. The molecule has 10 atom stereocenters. The van der Waals surface area contributed by atoms with Crippen LogP contribution < -0.4 is 10.1 Å². The number of rotatable bonds is 5. The fourth-order valence-electron chi connectivity index (χ4n) is 8.11. The van der Waals surface area contributed by atoms with Gasteiger partial charge in [0.1, 0.15) is 36.0 Å². The minimum atomic E-state index is -1.03. The molecular formula is C45H69N5O8S. The number of aliphatic imine (C=N–C) groups is 1. The maximum atomic E-state index is 14.6. The van der Waals surface area contributed by atoms with Crippen LogP contribution in [-0.4, -0.2) is 130 Å². The Morgan fingerprint density at radius 1 is 1.00 bits per heavy atom. The molecule has 59 heavy (non-hydrogen) atoms. The van der Waals surface area contributed by atoms with E-state index < -0.39 is 65.5 Å². The lowest BCUT2D eigenvalue weighted by molar-refractivity contribution is -0.166. The summed E-state index contributed by atoms with van der Waals surface area (Å²) >= 11 is 1.56. The van der Waals surface area contributed by atoms with Gasteiger partial charge in [-0.1, -0.05) is 73.1 Å². The Labute approximate surface area is 356 Å². The number of amides is 4. The molecule has 0 spiro atoms. The van der Waals surface area contributed by atoms with Crippen molar-refractivity contribution < 1.29 is 38.6 Å². The molecule has 0 unspecified atom stereocenters. The van der Waals surface area contributed by atoms with E-state index in [2.05, 4.69) is 5.32 Å². The molecule has 2 bridgehead atoms. The van der Waals surface area contributed by atoms with Crippen LogP contribution in [0.15, 0.2) is 40.9 Å². The maximum absolute atomic E-state index is 14.6. The lowest BCUT2D eigenvalue weighted by Crippen LogP contribution is -2.59. The van der Waals surface area contributed by atoms with E-state index in [1.165, 1.54) is 16.8 Å². The number of nitrogens with zero attached hydrogens (tertiary/aromatic N) is 4. The van der Waals surface area contributed by atoms with Gasteiger partial charge in [0.05, 0.1) is 24.3 Å². The Hall–Kier alpha value is -3.91. The first-order valence-electron chi connectivity index (χ1n) is 21.2. The monoisotopic (exact) mass is 839 g/mol. The number of likely N-dealkylation sites (N-methyl/N-ethyl adjacent to an activating group) is 2. The highest BCUT2D eigenvalue weighted by molar-refractivity contribution is 8.14. The van der Waals surface area contributed by atoms with Crippen LogP contribution in [0.25, 0.3) is 0 Å². The summed E-state index contributed by atoms with van der Waals surface area (Å²) in [5, 5.41) is 15.2. The zero-order valence-corrected chi connectivity index (χ0v) is 38.1. The Balaban J connectivity index is 1.74. The highest BCUT2D eigenvalue weighted by Crippen LogP contribution is 2.34. The first-order valence-corrected chi connectivity index (χ1v) is 22.2. The van der Waals surface area contributed by atoms with Crippen molar-refractivity contribution >= 4 is 46.4 Å². The Kier molecular flexibility index (Phi) is 16.7. The summed E-state index contributed by atoms with van der Waals surface area (Å²) in [7, 11) is 4.67. The van der Waals surface area contributed by atoms with E-state index >= 15 is 0 Å². The second-order valence-corrected chi connectivity index (χ2v) is 19.1. The van der Waals surface area contributed by atoms with E-state index in [4.69, 9.17) is 14.5 Å². The van der Waals surface area contributed by atoms with E-state index in [1.54, 1.807) is 62.9 Å². The van der Waals surface area contributed by atoms with Crippen molar-refractivity contribution in [3.8, 4) is 5.75 Å². The van der Waals surface area contributed by atoms with Crippen LogP contribution in [0.5, 0.6) is 5.75 Å². The molecule has 3 aliphatic rings. The highest BCUT2D eigenvalue weighted by atomic mass is 32.2. The summed E-state index contributed by atoms with van der Waals surface area (Å²) in [6.45, 7) is 17.6. The zero-order chi connectivity index (χ0) is 43.9. The number of thioether (sulfide) groups is 1. The quantitative estimate of drug-likeness (QED) is 0.377. The Morgan fingerprint density at radius 3 is 2.27 bits per heavy atom. The van der Waals surface area contributed by atoms with Gasteiger partial charge in [0.15, 0.2) is 0 Å². The predicted molar refractivity (Wildman–Crippen MR) is 232 cm³/mol. The van der Waals surface area contributed by atoms with E-state index in [1.807, 2.05) is 60.6 Å². The van der Waals surface area contributed by atoms with Gasteiger partial charge in [-0.3, -0.25) is 24.2 Å². The second-order valence-electron chi connectivity index (χ2n) is 18.1. The van der Waals surface area contributed by atoms with Gasteiger partial charge in [-0.15, -0.1) is 11.8 Å². The first-order chi connectivity index (χ1) is 27.7. The largest absolute Gasteiger partial charge is 0.497 e. The van der Waals surface area contributed by atoms with Crippen molar-refractivity contribution in [3.63, 3.8) is 0 Å². The van der Waals surface area contributed by atoms with Gasteiger partial charge >= 0.3 is 5.97 Å². The Morgan fingerprint density at radius 2 is 1.66 bits per heavy atom. The number of nitrogens with one attached hydrogen (secondary N) is 1. The number of fused-ring (bicyclic) bond motifs is 2. The molecule has 4 rings (SSSR count). The molecule has 0 aliphatic carbocycles. The fourth-order valence-corrected chi connectivity index (χ4v) is 9.25. The number of aliphatic hydroxyl groups is 1. The van der Waals surface area contributed by atoms with Crippen molar-refractivity contribution in [2.24, 2.45) is 28.2 Å². The molecule has 14 heteroatoms. The third-order valence-electron chi connectivity index (χ3n) is 12.4. The van der Waals surface area contributed by atoms with Crippen molar-refractivity contribution in [3.05, 3.63) is 41.5 Å². The van der Waals surface area contributed by atoms with Gasteiger partial charge in [0.2, 0.25) is 23.6 Å². The molecule has 13 nitrogen and oxygen atoms in total. The number of carbonyl (C=O) groups is 5. The molecule has 0 radical (unpaired) electrons. The Bertz CT molecular complexity index is 1730. The first kappa shape index (κ1) is 47.8. The van der Waals surface area contributed by atoms with E-state index in [0.717, 1.165) is 10.6 Å². The van der Waals surface area contributed by atoms with E-state index in [-0.39, 0.29) is 36.1 Å². The summed E-state index contributed by atoms with van der Waals surface area (Å²) in [6, 6.07) is 3.19. The second kappa shape index (κ2) is 20.6. The van der Waals surface area contributed by atoms with Crippen LogP contribution in [0.1, 0.15) is 100.0 Å². The van der Waals surface area contributed by atoms with E-state index in [0.29, 0.717) is 55.7 Å². The number of esters is 1. The summed E-state index contributed by atoms with van der Waals surface area (Å²) < 4.78 is 11.6. The van der Waals surface area contributed by atoms with Crippen molar-refractivity contribution in [1.82, 2.24) is 20.0 Å². The van der Waals surface area contributed by atoms with Crippen LogP contribution in [0, 0.1) is 23.2 Å². The lowest BCUT2D eigenvalue weighted by atomic mass is 9.81. The average molecular weight is 840 g/mol. The topological polar surface area (TPSA) is 158 Å². The third-order valence-corrected chi connectivity index (χ3v) is 13.7. The van der Waals surface area contributed by atoms with Crippen molar-refractivity contribution in [2.45, 2.75) is 143 Å². The molecule has 2 N–H and O–H groups in total. The van der Waals surface area contributed by atoms with Crippen LogP contribution in [-0.2, 0) is 35.1 Å². The number of aliphatic hydroxyl groups excluding tert-OH is 1. The fraction of sp³-hybridized carbons (Fsp3) is 0.689. The van der Waals surface area contributed by atoms with Crippen molar-refractivity contribution in [1.29, 1.82) is 0 Å². The third kappa shape index (κ3) is 11.9. The minimum Gasteiger partial charge on any atom is -0.497 e. The van der Waals surface area contributed by atoms with Gasteiger partial charge in [-0.2, -0.15) is 0 Å². The van der Waals surface area contributed by atoms with Gasteiger partial charge in [0.25, 0.3) is 0 Å². The number of ether oxygens (including phenoxy) is 2. The maximum Gasteiger partial charge on any atom is 0.329 e. The van der Waals surface area contributed by atoms with Crippen LogP contribution in [0.3, 0.4) is 0 Å². The minimum absolute atomic E-state index is 0.00274. The predicted octanol–water partition coefficient (Wildman–Crippen LogP) is 5.28. The van der Waals surface area contributed by atoms with Gasteiger partial charge in [-0.25, -0.2) is 4.79 Å². The number of hydrogen-bond acceptors (Lipinski definition) is 10. The summed E-state index contributed by atoms with van der Waals surface area (Å²) in [5.41, 5.74) is 0.758. The molecule has 4 amide bonds. The highest BCUT2D eigenvalue weighted by Gasteiger charge is 2.44. The molecule has 328 valence electrons. The molecule has 1 saturated heterocycles. The SMILES string of the molecule is CC[C@H](C)[C@H]1C(=O)N2CCC[C@H]2C(=O)O[C@H](C(C)(C)C)C[C@@H](C)C[C@H](O)[C@H](C)C2=N[C@@H](/C=C(\C)C(=O)N[C@@H](Cc3ccc(OC)cc3)C(=O)N(C)[C@@H](C)C(=O)N1C)CS2. The van der Waals surface area contributed by atoms with Crippen LogP contribution >= 0.6 is 11.8 Å². The smallest absolute Gasteiger partial charge is 0.329 e. The zero-order valence-electron chi connectivity index (χ0n) is 37.3. The van der Waals surface area contributed by atoms with Gasteiger partial charge in [0, 0.05) is 44.3 Å². The summed E-state index contributed by atoms with van der Waals surface area (Å²) in [5.74, 6) is -1.41. The molecule has 3 heterocycles. The van der Waals surface area contributed by atoms with Gasteiger partial charge < -0.3 is 34.6 Å². The number of carbonyl (C=O) groups excluding carboxylic acids is 5.